The quantitative estimate of drug-likeness (QED) is 0.921. The standard InChI is InChI=1S/C15H21F3N2/c1-2-15(17,18)11-20-9-7-14(19,8-10-20)12-3-5-13(16)6-4-12/h3-6H,2,7-11,19H2,1H3. The minimum Gasteiger partial charge on any atom is -0.321 e. The van der Waals surface area contributed by atoms with Crippen LogP contribution in [0.25, 0.3) is 0 Å². The molecule has 0 aliphatic carbocycles. The highest BCUT2D eigenvalue weighted by molar-refractivity contribution is 5.25. The van der Waals surface area contributed by atoms with Crippen molar-refractivity contribution < 1.29 is 13.2 Å². The van der Waals surface area contributed by atoms with Gasteiger partial charge in [0.05, 0.1) is 6.54 Å². The van der Waals surface area contributed by atoms with Crippen LogP contribution in [0.4, 0.5) is 13.2 Å². The van der Waals surface area contributed by atoms with Crippen molar-refractivity contribution in [2.75, 3.05) is 19.6 Å². The van der Waals surface area contributed by atoms with E-state index in [1.807, 2.05) is 0 Å². The van der Waals surface area contributed by atoms with Crippen molar-refractivity contribution in [2.45, 2.75) is 37.6 Å². The summed E-state index contributed by atoms with van der Waals surface area (Å²) in [5.41, 5.74) is 6.69. The second kappa shape index (κ2) is 5.74. The zero-order valence-electron chi connectivity index (χ0n) is 11.7. The van der Waals surface area contributed by atoms with Gasteiger partial charge in [0, 0.05) is 25.0 Å². The molecule has 1 saturated heterocycles. The third-order valence-corrected chi connectivity index (χ3v) is 4.14. The Bertz CT molecular complexity index is 437. The molecule has 0 bridgehead atoms. The summed E-state index contributed by atoms with van der Waals surface area (Å²) in [5.74, 6) is -2.93. The molecule has 112 valence electrons. The maximum absolute atomic E-state index is 13.4. The Morgan fingerprint density at radius 2 is 1.75 bits per heavy atom. The van der Waals surface area contributed by atoms with E-state index in [0.717, 1.165) is 5.56 Å². The van der Waals surface area contributed by atoms with Crippen molar-refractivity contribution in [3.05, 3.63) is 35.6 Å². The van der Waals surface area contributed by atoms with Gasteiger partial charge in [-0.05, 0) is 30.5 Å². The van der Waals surface area contributed by atoms with Crippen LogP contribution in [0, 0.1) is 5.82 Å². The molecule has 1 aliphatic rings. The number of benzene rings is 1. The van der Waals surface area contributed by atoms with Gasteiger partial charge in [0.1, 0.15) is 5.82 Å². The fourth-order valence-electron chi connectivity index (χ4n) is 2.62. The Morgan fingerprint density at radius 1 is 1.20 bits per heavy atom. The van der Waals surface area contributed by atoms with E-state index in [2.05, 4.69) is 0 Å². The number of rotatable bonds is 4. The lowest BCUT2D eigenvalue weighted by Gasteiger charge is -2.40. The lowest BCUT2D eigenvalue weighted by Crippen LogP contribution is -2.50. The molecule has 20 heavy (non-hydrogen) atoms. The van der Waals surface area contributed by atoms with E-state index in [9.17, 15) is 13.2 Å². The summed E-state index contributed by atoms with van der Waals surface area (Å²) in [6, 6.07) is 6.15. The van der Waals surface area contributed by atoms with E-state index < -0.39 is 11.5 Å². The first-order chi connectivity index (χ1) is 9.35. The molecular formula is C15H21F3N2. The number of halogens is 3. The number of likely N-dealkylation sites (tertiary alicyclic amines) is 1. The van der Waals surface area contributed by atoms with E-state index in [0.29, 0.717) is 25.9 Å². The molecule has 0 saturated carbocycles. The van der Waals surface area contributed by atoms with Crippen molar-refractivity contribution in [3.63, 3.8) is 0 Å². The number of piperidine rings is 1. The molecule has 2 rings (SSSR count). The second-order valence-corrected chi connectivity index (χ2v) is 5.65. The monoisotopic (exact) mass is 286 g/mol. The van der Waals surface area contributed by atoms with E-state index in [1.54, 1.807) is 17.0 Å². The van der Waals surface area contributed by atoms with Crippen LogP contribution in [-0.2, 0) is 5.54 Å². The molecule has 0 radical (unpaired) electrons. The van der Waals surface area contributed by atoms with Crippen molar-refractivity contribution in [1.82, 2.24) is 4.90 Å². The molecular weight excluding hydrogens is 265 g/mol. The minimum atomic E-state index is -2.63. The summed E-state index contributed by atoms with van der Waals surface area (Å²) in [5, 5.41) is 0. The Balaban J connectivity index is 1.98. The van der Waals surface area contributed by atoms with Gasteiger partial charge in [-0.15, -0.1) is 0 Å². The van der Waals surface area contributed by atoms with Gasteiger partial charge in [-0.25, -0.2) is 13.2 Å². The van der Waals surface area contributed by atoms with Gasteiger partial charge in [-0.1, -0.05) is 19.1 Å². The predicted molar refractivity (Wildman–Crippen MR) is 73.2 cm³/mol. The number of hydrogen-bond donors (Lipinski definition) is 1. The number of nitrogens with zero attached hydrogens (tertiary/aromatic N) is 1. The van der Waals surface area contributed by atoms with Gasteiger partial charge in [0.15, 0.2) is 0 Å². The van der Waals surface area contributed by atoms with Gasteiger partial charge < -0.3 is 5.73 Å². The smallest absolute Gasteiger partial charge is 0.260 e. The highest BCUT2D eigenvalue weighted by atomic mass is 19.3. The first-order valence-electron chi connectivity index (χ1n) is 7.00. The Morgan fingerprint density at radius 3 is 2.25 bits per heavy atom. The molecule has 2 N–H and O–H groups in total. The molecule has 0 amide bonds. The molecule has 1 aromatic rings. The van der Waals surface area contributed by atoms with Gasteiger partial charge >= 0.3 is 0 Å². The van der Waals surface area contributed by atoms with E-state index in [4.69, 9.17) is 5.73 Å². The average Bonchev–Trinajstić information content (AvgIpc) is 2.42. The maximum Gasteiger partial charge on any atom is 0.260 e. The highest BCUT2D eigenvalue weighted by Gasteiger charge is 2.36. The van der Waals surface area contributed by atoms with Crippen LogP contribution in [0.3, 0.4) is 0 Å². The lowest BCUT2D eigenvalue weighted by atomic mass is 9.82. The topological polar surface area (TPSA) is 29.3 Å². The van der Waals surface area contributed by atoms with Crippen molar-refractivity contribution >= 4 is 0 Å². The van der Waals surface area contributed by atoms with Crippen LogP contribution < -0.4 is 5.73 Å². The zero-order valence-corrected chi connectivity index (χ0v) is 11.7. The summed E-state index contributed by atoms with van der Waals surface area (Å²) in [4.78, 5) is 1.76. The van der Waals surface area contributed by atoms with Crippen LogP contribution in [0.2, 0.25) is 0 Å². The highest BCUT2D eigenvalue weighted by Crippen LogP contribution is 2.31. The fraction of sp³-hybridized carbons (Fsp3) is 0.600. The summed E-state index contributed by atoms with van der Waals surface area (Å²) in [7, 11) is 0. The van der Waals surface area contributed by atoms with Crippen molar-refractivity contribution in [3.8, 4) is 0 Å². The van der Waals surface area contributed by atoms with Crippen LogP contribution in [0.5, 0.6) is 0 Å². The van der Waals surface area contributed by atoms with Crippen molar-refractivity contribution in [1.29, 1.82) is 0 Å². The van der Waals surface area contributed by atoms with Gasteiger partial charge in [-0.2, -0.15) is 0 Å². The third kappa shape index (κ3) is 3.52. The Labute approximate surface area is 117 Å². The molecule has 5 heteroatoms. The number of alkyl halides is 2. The number of hydrogen-bond acceptors (Lipinski definition) is 2. The van der Waals surface area contributed by atoms with E-state index in [-0.39, 0.29) is 18.8 Å². The third-order valence-electron chi connectivity index (χ3n) is 4.14. The van der Waals surface area contributed by atoms with E-state index in [1.165, 1.54) is 19.1 Å². The minimum absolute atomic E-state index is 0.144. The van der Waals surface area contributed by atoms with Crippen LogP contribution in [-0.4, -0.2) is 30.5 Å². The zero-order chi connectivity index (χ0) is 14.8. The molecule has 0 unspecified atom stereocenters. The van der Waals surface area contributed by atoms with E-state index >= 15 is 0 Å². The molecule has 0 spiro atoms. The molecule has 0 atom stereocenters. The van der Waals surface area contributed by atoms with Crippen LogP contribution in [0.15, 0.2) is 24.3 Å². The summed E-state index contributed by atoms with van der Waals surface area (Å²) < 4.78 is 39.7. The van der Waals surface area contributed by atoms with Gasteiger partial charge in [-0.3, -0.25) is 4.90 Å². The maximum atomic E-state index is 13.4. The summed E-state index contributed by atoms with van der Waals surface area (Å²) in [6.07, 6.45) is 1.08. The summed E-state index contributed by atoms with van der Waals surface area (Å²) >= 11 is 0. The normalized spacial score (nSPS) is 20.1. The molecule has 2 nitrogen and oxygen atoms in total. The lowest BCUT2D eigenvalue weighted by molar-refractivity contribution is -0.0432. The largest absolute Gasteiger partial charge is 0.321 e. The first kappa shape index (κ1) is 15.3. The molecule has 0 aromatic heterocycles. The average molecular weight is 286 g/mol. The van der Waals surface area contributed by atoms with Crippen LogP contribution in [0.1, 0.15) is 31.7 Å². The predicted octanol–water partition coefficient (Wildman–Crippen LogP) is 3.12. The van der Waals surface area contributed by atoms with Gasteiger partial charge in [0.2, 0.25) is 0 Å². The van der Waals surface area contributed by atoms with Gasteiger partial charge in [0.25, 0.3) is 5.92 Å². The molecule has 1 heterocycles. The summed E-state index contributed by atoms with van der Waals surface area (Å²) in [6.45, 7) is 2.38. The fourth-order valence-corrected chi connectivity index (χ4v) is 2.62. The molecule has 1 fully saturated rings. The Hall–Kier alpha value is -1.07. The first-order valence-corrected chi connectivity index (χ1v) is 7.00. The number of nitrogens with two attached hydrogens (primary N) is 1. The van der Waals surface area contributed by atoms with Crippen LogP contribution >= 0.6 is 0 Å². The molecule has 1 aromatic carbocycles. The Kier molecular flexibility index (Phi) is 4.39. The second-order valence-electron chi connectivity index (χ2n) is 5.65. The SMILES string of the molecule is CCC(F)(F)CN1CCC(N)(c2ccc(F)cc2)CC1. The van der Waals surface area contributed by atoms with Crippen molar-refractivity contribution in [2.24, 2.45) is 5.73 Å². The molecule has 1 aliphatic heterocycles.